The lowest BCUT2D eigenvalue weighted by Crippen LogP contribution is -2.38. The van der Waals surface area contributed by atoms with Gasteiger partial charge in [-0.15, -0.1) is 24.0 Å². The molecule has 0 saturated heterocycles. The zero-order valence-electron chi connectivity index (χ0n) is 11.5. The zero-order valence-corrected chi connectivity index (χ0v) is 14.6. The summed E-state index contributed by atoms with van der Waals surface area (Å²) < 4.78 is 2.04. The Morgan fingerprint density at radius 2 is 2.35 bits per heavy atom. The summed E-state index contributed by atoms with van der Waals surface area (Å²) in [5, 5.41) is 10.8. The summed E-state index contributed by atoms with van der Waals surface area (Å²) in [6, 6.07) is 2.10. The molecule has 2 aromatic heterocycles. The molecule has 0 aromatic carbocycles. The second-order valence-corrected chi connectivity index (χ2v) is 4.83. The topological polar surface area (TPSA) is 54.2 Å². The van der Waals surface area contributed by atoms with Crippen LogP contribution in [-0.2, 0) is 13.1 Å². The smallest absolute Gasteiger partial charge is 0.191 e. The monoisotopic (exact) mass is 405 g/mol. The summed E-state index contributed by atoms with van der Waals surface area (Å²) in [5.74, 6) is 0.855. The number of imidazole rings is 1. The number of guanidine groups is 1. The van der Waals surface area contributed by atoms with Crippen LogP contribution in [-0.4, -0.2) is 28.6 Å². The van der Waals surface area contributed by atoms with E-state index >= 15 is 0 Å². The second kappa shape index (κ2) is 9.76. The van der Waals surface area contributed by atoms with E-state index in [1.54, 1.807) is 17.5 Å². The van der Waals surface area contributed by atoms with Gasteiger partial charge in [-0.25, -0.2) is 9.98 Å². The van der Waals surface area contributed by atoms with E-state index in [1.165, 1.54) is 5.56 Å². The molecule has 0 fully saturated rings. The fraction of sp³-hybridized carbons (Fsp3) is 0.385. The van der Waals surface area contributed by atoms with E-state index in [1.807, 2.05) is 17.1 Å². The van der Waals surface area contributed by atoms with Crippen LogP contribution in [0.2, 0.25) is 0 Å². The van der Waals surface area contributed by atoms with Crippen molar-refractivity contribution in [3.05, 3.63) is 41.1 Å². The number of thiophene rings is 1. The van der Waals surface area contributed by atoms with Crippen molar-refractivity contribution in [3.8, 4) is 0 Å². The number of halogens is 1. The van der Waals surface area contributed by atoms with Gasteiger partial charge >= 0.3 is 0 Å². The van der Waals surface area contributed by atoms with Crippen LogP contribution in [0.25, 0.3) is 0 Å². The van der Waals surface area contributed by atoms with Crippen LogP contribution in [0.1, 0.15) is 12.5 Å². The quantitative estimate of drug-likeness (QED) is 0.441. The first kappa shape index (κ1) is 17.0. The molecule has 5 nitrogen and oxygen atoms in total. The van der Waals surface area contributed by atoms with Crippen LogP contribution in [0.3, 0.4) is 0 Å². The van der Waals surface area contributed by atoms with Gasteiger partial charge in [-0.05, 0) is 29.3 Å². The Labute approximate surface area is 140 Å². The van der Waals surface area contributed by atoms with Crippen LogP contribution in [0.4, 0.5) is 0 Å². The summed E-state index contributed by atoms with van der Waals surface area (Å²) in [5.41, 5.74) is 1.25. The van der Waals surface area contributed by atoms with Crippen molar-refractivity contribution in [1.29, 1.82) is 0 Å². The molecule has 110 valence electrons. The maximum Gasteiger partial charge on any atom is 0.191 e. The lowest BCUT2D eigenvalue weighted by molar-refractivity contribution is 0.662. The van der Waals surface area contributed by atoms with Crippen molar-refractivity contribution < 1.29 is 0 Å². The summed E-state index contributed by atoms with van der Waals surface area (Å²) in [6.45, 7) is 5.34. The number of aromatic nitrogens is 2. The van der Waals surface area contributed by atoms with Crippen molar-refractivity contribution >= 4 is 41.3 Å². The van der Waals surface area contributed by atoms with E-state index < -0.39 is 0 Å². The Kier molecular flexibility index (Phi) is 8.28. The first-order valence-electron chi connectivity index (χ1n) is 6.37. The van der Waals surface area contributed by atoms with Gasteiger partial charge in [0.25, 0.3) is 0 Å². The molecule has 0 bridgehead atoms. The number of hydrogen-bond donors (Lipinski definition) is 2. The van der Waals surface area contributed by atoms with Gasteiger partial charge < -0.3 is 15.2 Å². The molecule has 2 aromatic rings. The fourth-order valence-electron chi connectivity index (χ4n) is 1.62. The minimum absolute atomic E-state index is 0. The maximum atomic E-state index is 4.55. The summed E-state index contributed by atoms with van der Waals surface area (Å²) in [7, 11) is 0. The summed E-state index contributed by atoms with van der Waals surface area (Å²) in [4.78, 5) is 8.57. The molecular weight excluding hydrogens is 385 g/mol. The number of aliphatic imine (C=N–C) groups is 1. The van der Waals surface area contributed by atoms with E-state index in [4.69, 9.17) is 0 Å². The predicted octanol–water partition coefficient (Wildman–Crippen LogP) is 2.32. The molecule has 0 aliphatic carbocycles. The average molecular weight is 405 g/mol. The van der Waals surface area contributed by atoms with Gasteiger partial charge in [0.1, 0.15) is 0 Å². The molecule has 7 heteroatoms. The molecule has 2 N–H and O–H groups in total. The minimum Gasteiger partial charge on any atom is -0.357 e. The third-order valence-electron chi connectivity index (χ3n) is 2.57. The van der Waals surface area contributed by atoms with Crippen LogP contribution in [0.15, 0.2) is 40.5 Å². The van der Waals surface area contributed by atoms with Crippen molar-refractivity contribution in [2.24, 2.45) is 4.99 Å². The molecule has 20 heavy (non-hydrogen) atoms. The first-order chi connectivity index (χ1) is 9.38. The van der Waals surface area contributed by atoms with Gasteiger partial charge in [-0.3, -0.25) is 0 Å². The van der Waals surface area contributed by atoms with E-state index in [-0.39, 0.29) is 24.0 Å². The third kappa shape index (κ3) is 5.91. The largest absolute Gasteiger partial charge is 0.357 e. The van der Waals surface area contributed by atoms with Crippen LogP contribution >= 0.6 is 35.3 Å². The highest BCUT2D eigenvalue weighted by Gasteiger charge is 1.97. The van der Waals surface area contributed by atoms with E-state index in [2.05, 4.69) is 44.4 Å². The summed E-state index contributed by atoms with van der Waals surface area (Å²) in [6.07, 6.45) is 5.56. The lowest BCUT2D eigenvalue weighted by atomic mass is 10.3. The number of rotatable bonds is 6. The molecule has 2 rings (SSSR count). The lowest BCUT2D eigenvalue weighted by Gasteiger charge is -2.11. The fourth-order valence-corrected chi connectivity index (χ4v) is 2.28. The average Bonchev–Trinajstić information content (AvgIpc) is 3.09. The van der Waals surface area contributed by atoms with Gasteiger partial charge in [0.15, 0.2) is 5.96 Å². The van der Waals surface area contributed by atoms with Gasteiger partial charge in [0, 0.05) is 32.0 Å². The van der Waals surface area contributed by atoms with Crippen LogP contribution in [0, 0.1) is 0 Å². The van der Waals surface area contributed by atoms with Gasteiger partial charge in [0.05, 0.1) is 12.9 Å². The Bertz CT molecular complexity index is 481. The highest BCUT2D eigenvalue weighted by atomic mass is 127. The SMILES string of the molecule is CCNC(=NCc1ccsc1)NCCn1ccnc1.I. The molecule has 0 spiro atoms. The Morgan fingerprint density at radius 1 is 1.45 bits per heavy atom. The highest BCUT2D eigenvalue weighted by Crippen LogP contribution is 2.06. The van der Waals surface area contributed by atoms with Crippen LogP contribution < -0.4 is 10.6 Å². The molecule has 0 aliphatic heterocycles. The predicted molar refractivity (Wildman–Crippen MR) is 94.8 cm³/mol. The minimum atomic E-state index is 0. The third-order valence-corrected chi connectivity index (χ3v) is 3.30. The zero-order chi connectivity index (χ0) is 13.3. The molecule has 0 radical (unpaired) electrons. The summed E-state index contributed by atoms with van der Waals surface area (Å²) >= 11 is 1.70. The molecule has 0 atom stereocenters. The van der Waals surface area contributed by atoms with Crippen molar-refractivity contribution in [2.75, 3.05) is 13.1 Å². The first-order valence-corrected chi connectivity index (χ1v) is 7.31. The molecule has 2 heterocycles. The number of nitrogens with zero attached hydrogens (tertiary/aromatic N) is 3. The van der Waals surface area contributed by atoms with Crippen molar-refractivity contribution in [3.63, 3.8) is 0 Å². The van der Waals surface area contributed by atoms with Gasteiger partial charge in [-0.2, -0.15) is 11.3 Å². The molecular formula is C13H20IN5S. The maximum absolute atomic E-state index is 4.55. The van der Waals surface area contributed by atoms with E-state index in [9.17, 15) is 0 Å². The Hall–Kier alpha value is -1.09. The van der Waals surface area contributed by atoms with Crippen molar-refractivity contribution in [2.45, 2.75) is 20.0 Å². The van der Waals surface area contributed by atoms with Crippen molar-refractivity contribution in [1.82, 2.24) is 20.2 Å². The molecule has 0 saturated carbocycles. The van der Waals surface area contributed by atoms with E-state index in [0.29, 0.717) is 6.54 Å². The number of nitrogens with one attached hydrogen (secondary N) is 2. The van der Waals surface area contributed by atoms with Gasteiger partial charge in [0.2, 0.25) is 0 Å². The normalized spacial score (nSPS) is 10.9. The molecule has 0 aliphatic rings. The number of hydrogen-bond acceptors (Lipinski definition) is 3. The molecule has 0 amide bonds. The second-order valence-electron chi connectivity index (χ2n) is 4.05. The van der Waals surface area contributed by atoms with Gasteiger partial charge in [-0.1, -0.05) is 0 Å². The van der Waals surface area contributed by atoms with Crippen LogP contribution in [0.5, 0.6) is 0 Å². The van der Waals surface area contributed by atoms with E-state index in [0.717, 1.165) is 25.6 Å². The molecule has 0 unspecified atom stereocenters. The standard InChI is InChI=1S/C13H19N5S.HI/c1-2-15-13(17-9-12-3-8-19-10-12)16-5-7-18-6-4-14-11-18;/h3-4,6,8,10-11H,2,5,7,9H2,1H3,(H2,15,16,17);1H. The Morgan fingerprint density at radius 3 is 3.00 bits per heavy atom. The highest BCUT2D eigenvalue weighted by molar-refractivity contribution is 14.0. The Balaban J connectivity index is 0.00000200.